The number of oxime groups is 1. The van der Waals surface area contributed by atoms with Gasteiger partial charge in [0.05, 0.1) is 6.21 Å². The maximum Gasteiger partial charge on any atom is 0.111 e. The average molecular weight is 154 g/mol. The van der Waals surface area contributed by atoms with E-state index in [1.807, 2.05) is 0 Å². The highest BCUT2D eigenvalue weighted by molar-refractivity contribution is 6.57. The van der Waals surface area contributed by atoms with Crippen molar-refractivity contribution in [3.8, 4) is 0 Å². The average Bonchev–Trinajstić information content (AvgIpc) is 1.67. The Labute approximate surface area is 57.4 Å². The predicted molar refractivity (Wildman–Crippen MR) is 34.7 cm³/mol. The van der Waals surface area contributed by atoms with Gasteiger partial charge in [-0.05, 0) is 6.92 Å². The Hall–Kier alpha value is -0.210. The predicted octanol–water partition coefficient (Wildman–Crippen LogP) is 2.16. The lowest BCUT2D eigenvalue weighted by Gasteiger charge is -1.85. The van der Waals surface area contributed by atoms with Gasteiger partial charge in [0.2, 0.25) is 0 Å². The summed E-state index contributed by atoms with van der Waals surface area (Å²) in [6.45, 7) is 1.63. The molecule has 0 aliphatic rings. The van der Waals surface area contributed by atoms with Crippen molar-refractivity contribution in [3.05, 3.63) is 10.1 Å². The molecule has 1 N–H and O–H groups in total. The minimum atomic E-state index is 0.114. The third-order valence-electron chi connectivity index (χ3n) is 0.549. The summed E-state index contributed by atoms with van der Waals surface area (Å²) in [5, 5.41) is 10.6. The number of nitrogens with zero attached hydrogens (tertiary/aromatic N) is 1. The number of allylic oxidation sites excluding steroid dienone is 1. The molecule has 0 aromatic rings. The van der Waals surface area contributed by atoms with Crippen molar-refractivity contribution in [1.29, 1.82) is 0 Å². The van der Waals surface area contributed by atoms with Crippen LogP contribution in [0.5, 0.6) is 0 Å². The Balaban J connectivity index is 4.00. The number of hydrogen-bond donors (Lipinski definition) is 1. The minimum absolute atomic E-state index is 0.114. The molecule has 0 aromatic carbocycles. The summed E-state index contributed by atoms with van der Waals surface area (Å²) in [4.78, 5) is 0. The lowest BCUT2D eigenvalue weighted by atomic mass is 10.4. The highest BCUT2D eigenvalue weighted by Crippen LogP contribution is 2.10. The van der Waals surface area contributed by atoms with Gasteiger partial charge in [-0.25, -0.2) is 0 Å². The molecule has 0 spiro atoms. The SMILES string of the molecule is CC(/C=N/O)=C(Cl)Cl. The lowest BCUT2D eigenvalue weighted by Crippen LogP contribution is -1.75. The first-order valence-corrected chi connectivity index (χ1v) is 2.63. The fourth-order valence-corrected chi connectivity index (χ4v) is 0.233. The van der Waals surface area contributed by atoms with E-state index >= 15 is 0 Å². The molecule has 0 radical (unpaired) electrons. The van der Waals surface area contributed by atoms with E-state index in [1.165, 1.54) is 0 Å². The van der Waals surface area contributed by atoms with Gasteiger partial charge in [0.25, 0.3) is 0 Å². The highest BCUT2D eigenvalue weighted by atomic mass is 35.5. The maximum atomic E-state index is 7.90. The zero-order valence-corrected chi connectivity index (χ0v) is 5.74. The van der Waals surface area contributed by atoms with Crippen LogP contribution in [0.25, 0.3) is 0 Å². The molecule has 0 aliphatic heterocycles. The van der Waals surface area contributed by atoms with Crippen molar-refractivity contribution >= 4 is 29.4 Å². The van der Waals surface area contributed by atoms with Gasteiger partial charge < -0.3 is 5.21 Å². The van der Waals surface area contributed by atoms with Gasteiger partial charge in [0.1, 0.15) is 4.49 Å². The minimum Gasteiger partial charge on any atom is -0.411 e. The van der Waals surface area contributed by atoms with Crippen molar-refractivity contribution in [2.24, 2.45) is 5.16 Å². The van der Waals surface area contributed by atoms with Crippen molar-refractivity contribution in [1.82, 2.24) is 0 Å². The van der Waals surface area contributed by atoms with Crippen LogP contribution in [-0.2, 0) is 0 Å². The largest absolute Gasteiger partial charge is 0.411 e. The van der Waals surface area contributed by atoms with Crippen LogP contribution >= 0.6 is 23.2 Å². The summed E-state index contributed by atoms with van der Waals surface area (Å²) < 4.78 is 0.114. The van der Waals surface area contributed by atoms with Gasteiger partial charge in [0.15, 0.2) is 0 Å². The third kappa shape index (κ3) is 2.88. The van der Waals surface area contributed by atoms with Gasteiger partial charge in [0, 0.05) is 5.57 Å². The van der Waals surface area contributed by atoms with E-state index in [2.05, 4.69) is 5.16 Å². The smallest absolute Gasteiger partial charge is 0.111 e. The van der Waals surface area contributed by atoms with Crippen LogP contribution in [0.15, 0.2) is 15.2 Å². The molecule has 0 unspecified atom stereocenters. The molecule has 2 nitrogen and oxygen atoms in total. The second-order valence-electron chi connectivity index (χ2n) is 1.19. The van der Waals surface area contributed by atoms with Crippen LogP contribution in [-0.4, -0.2) is 11.4 Å². The van der Waals surface area contributed by atoms with Gasteiger partial charge in [-0.3, -0.25) is 0 Å². The molecule has 0 aliphatic carbocycles. The Morgan fingerprint density at radius 2 is 2.12 bits per heavy atom. The molecule has 0 amide bonds. The van der Waals surface area contributed by atoms with Crippen molar-refractivity contribution in [2.75, 3.05) is 0 Å². The van der Waals surface area contributed by atoms with E-state index < -0.39 is 0 Å². The van der Waals surface area contributed by atoms with Gasteiger partial charge in [-0.1, -0.05) is 28.4 Å². The van der Waals surface area contributed by atoms with Crippen LogP contribution in [0, 0.1) is 0 Å². The molecular formula is C4H5Cl2NO. The van der Waals surface area contributed by atoms with Crippen LogP contribution in [0.4, 0.5) is 0 Å². The molecule has 0 saturated carbocycles. The zero-order valence-electron chi connectivity index (χ0n) is 4.23. The number of rotatable bonds is 1. The maximum absolute atomic E-state index is 7.90. The first-order valence-electron chi connectivity index (χ1n) is 1.87. The highest BCUT2D eigenvalue weighted by Gasteiger charge is 1.88. The van der Waals surface area contributed by atoms with Crippen LogP contribution in [0.2, 0.25) is 0 Å². The lowest BCUT2D eigenvalue weighted by molar-refractivity contribution is 0.321. The first-order chi connectivity index (χ1) is 3.68. The molecule has 0 heterocycles. The van der Waals surface area contributed by atoms with E-state index in [4.69, 9.17) is 28.4 Å². The molecular weight excluding hydrogens is 149 g/mol. The molecule has 0 atom stereocenters. The van der Waals surface area contributed by atoms with Crippen LogP contribution in [0.1, 0.15) is 6.92 Å². The van der Waals surface area contributed by atoms with Crippen molar-refractivity contribution in [2.45, 2.75) is 6.92 Å². The quantitative estimate of drug-likeness (QED) is 0.350. The second-order valence-corrected chi connectivity index (χ2v) is 2.14. The Morgan fingerprint density at radius 3 is 2.25 bits per heavy atom. The monoisotopic (exact) mass is 153 g/mol. The number of halogens is 2. The fraction of sp³-hybridized carbons (Fsp3) is 0.250. The van der Waals surface area contributed by atoms with Crippen LogP contribution in [0.3, 0.4) is 0 Å². The third-order valence-corrected chi connectivity index (χ3v) is 1.15. The van der Waals surface area contributed by atoms with Gasteiger partial charge in [-0.15, -0.1) is 0 Å². The first kappa shape index (κ1) is 7.79. The molecule has 46 valence electrons. The van der Waals surface area contributed by atoms with Crippen LogP contribution < -0.4 is 0 Å². The van der Waals surface area contributed by atoms with Gasteiger partial charge >= 0.3 is 0 Å². The summed E-state index contributed by atoms with van der Waals surface area (Å²) in [6.07, 6.45) is 1.16. The summed E-state index contributed by atoms with van der Waals surface area (Å²) in [5.41, 5.74) is 0.538. The van der Waals surface area contributed by atoms with Gasteiger partial charge in [-0.2, -0.15) is 0 Å². The molecule has 0 rings (SSSR count). The molecule has 0 saturated heterocycles. The Bertz CT molecular complexity index is 126. The fourth-order valence-electron chi connectivity index (χ4n) is 0.135. The Kier molecular flexibility index (Phi) is 3.65. The van der Waals surface area contributed by atoms with E-state index in [0.717, 1.165) is 6.21 Å². The van der Waals surface area contributed by atoms with Crippen molar-refractivity contribution in [3.63, 3.8) is 0 Å². The van der Waals surface area contributed by atoms with E-state index in [9.17, 15) is 0 Å². The molecule has 8 heavy (non-hydrogen) atoms. The normalized spacial score (nSPS) is 9.88. The molecule has 0 fully saturated rings. The van der Waals surface area contributed by atoms with E-state index in [0.29, 0.717) is 5.57 Å². The second kappa shape index (κ2) is 3.75. The Morgan fingerprint density at radius 1 is 1.62 bits per heavy atom. The molecule has 4 heteroatoms. The summed E-state index contributed by atoms with van der Waals surface area (Å²) in [6, 6.07) is 0. The van der Waals surface area contributed by atoms with E-state index in [-0.39, 0.29) is 4.49 Å². The standard InChI is InChI=1S/C4H5Cl2NO/c1-3(2-7-8)4(5)6/h2,8H,1H3/b7-2+. The topological polar surface area (TPSA) is 32.6 Å². The zero-order chi connectivity index (χ0) is 6.57. The van der Waals surface area contributed by atoms with E-state index in [1.54, 1.807) is 6.92 Å². The number of hydrogen-bond acceptors (Lipinski definition) is 2. The molecule has 0 bridgehead atoms. The summed E-state index contributed by atoms with van der Waals surface area (Å²) in [5.74, 6) is 0. The summed E-state index contributed by atoms with van der Waals surface area (Å²) >= 11 is 10.5. The summed E-state index contributed by atoms with van der Waals surface area (Å²) in [7, 11) is 0. The van der Waals surface area contributed by atoms with Crippen molar-refractivity contribution < 1.29 is 5.21 Å². The molecule has 0 aromatic heterocycles.